The largest absolute Gasteiger partial charge is 0.826 e. The molecular formula is C34H33Fe2P-8. The standard InChI is InChI=1S/C12H11P.C12H12.2C5H5.2Fe/c1-3-7-11(8-4-1)13-12-9-5-2-6-10-12;1-2-10-8-5-9-12(10)11-6-3-4-7-11;2*1-2-4-5-3-1;;/h1-10,13H;3-9H,2H2,1H3;2*1-5H;;/q;-6;2*-1;;. The molecule has 198 valence electrons. The molecule has 0 unspecified atom stereocenters. The third kappa shape index (κ3) is 12.9. The van der Waals surface area contributed by atoms with Crippen LogP contribution in [0.2, 0.25) is 0 Å². The average Bonchev–Trinajstić information content (AvgIpc) is 3.75. The first-order chi connectivity index (χ1) is 17.4. The zero-order valence-electron chi connectivity index (χ0n) is 21.0. The monoisotopic (exact) mass is 584 g/mol. The van der Waals surface area contributed by atoms with Crippen molar-refractivity contribution in [2.45, 2.75) is 13.3 Å². The Morgan fingerprint density at radius 3 is 1.43 bits per heavy atom. The minimum absolute atomic E-state index is 0. The van der Waals surface area contributed by atoms with Gasteiger partial charge >= 0.3 is 0 Å². The second kappa shape index (κ2) is 20.4. The first-order valence-electron chi connectivity index (χ1n) is 12.0. The Hall–Kier alpha value is -2.69. The van der Waals surface area contributed by atoms with Gasteiger partial charge in [-0.25, -0.2) is 24.3 Å². The van der Waals surface area contributed by atoms with Crippen LogP contribution in [-0.2, 0) is 40.6 Å². The first kappa shape index (κ1) is 32.3. The van der Waals surface area contributed by atoms with Crippen LogP contribution in [0, 0.1) is 0 Å². The molecule has 0 aliphatic rings. The average molecular weight is 584 g/mol. The molecule has 37 heavy (non-hydrogen) atoms. The molecular weight excluding hydrogens is 551 g/mol. The molecule has 6 rings (SSSR count). The minimum Gasteiger partial charge on any atom is -0.826 e. The number of rotatable bonds is 4. The third-order valence-corrected chi connectivity index (χ3v) is 6.45. The Kier molecular flexibility index (Phi) is 17.8. The van der Waals surface area contributed by atoms with E-state index in [4.69, 9.17) is 0 Å². The summed E-state index contributed by atoms with van der Waals surface area (Å²) in [6.07, 6.45) is 1.12. The van der Waals surface area contributed by atoms with E-state index in [-0.39, 0.29) is 34.1 Å². The van der Waals surface area contributed by atoms with Gasteiger partial charge in [0.15, 0.2) is 0 Å². The van der Waals surface area contributed by atoms with Crippen LogP contribution >= 0.6 is 8.58 Å². The van der Waals surface area contributed by atoms with Crippen molar-refractivity contribution in [1.29, 1.82) is 0 Å². The molecule has 0 aliphatic carbocycles. The summed E-state index contributed by atoms with van der Waals surface area (Å²) in [4.78, 5) is 0. The van der Waals surface area contributed by atoms with Crippen molar-refractivity contribution in [2.75, 3.05) is 0 Å². The van der Waals surface area contributed by atoms with Crippen LogP contribution in [0.5, 0.6) is 0 Å². The van der Waals surface area contributed by atoms with Gasteiger partial charge in [-0.15, -0.1) is 6.42 Å². The topological polar surface area (TPSA) is 0 Å². The summed E-state index contributed by atoms with van der Waals surface area (Å²) in [5.41, 5.74) is 4.18. The molecule has 0 aliphatic heterocycles. The van der Waals surface area contributed by atoms with Gasteiger partial charge < -0.3 is 53.1 Å². The molecule has 0 N–H and O–H groups in total. The minimum atomic E-state index is 0. The van der Waals surface area contributed by atoms with E-state index >= 15 is 0 Å². The van der Waals surface area contributed by atoms with Crippen LogP contribution < -0.4 is 10.6 Å². The van der Waals surface area contributed by atoms with E-state index in [1.54, 1.807) is 0 Å². The van der Waals surface area contributed by atoms with Crippen molar-refractivity contribution in [3.05, 3.63) is 169 Å². The third-order valence-electron chi connectivity index (χ3n) is 5.21. The summed E-state index contributed by atoms with van der Waals surface area (Å²) in [6.45, 7) is 2.20. The Morgan fingerprint density at radius 1 is 0.595 bits per heavy atom. The fraction of sp³-hybridized carbons (Fsp3) is 0.0588. The maximum atomic E-state index is 2.20. The molecule has 6 aromatic carbocycles. The van der Waals surface area contributed by atoms with Crippen LogP contribution in [0.1, 0.15) is 12.5 Å². The van der Waals surface area contributed by atoms with Gasteiger partial charge in [0.2, 0.25) is 0 Å². The summed E-state index contributed by atoms with van der Waals surface area (Å²) < 4.78 is 0. The van der Waals surface area contributed by atoms with E-state index in [0.29, 0.717) is 0 Å². The van der Waals surface area contributed by atoms with Crippen molar-refractivity contribution in [3.8, 4) is 11.1 Å². The van der Waals surface area contributed by atoms with Gasteiger partial charge in [0.25, 0.3) is 0 Å². The van der Waals surface area contributed by atoms with Gasteiger partial charge in [-0.1, -0.05) is 76.2 Å². The van der Waals surface area contributed by atoms with Crippen molar-refractivity contribution >= 4 is 19.2 Å². The predicted octanol–water partition coefficient (Wildman–Crippen LogP) is 8.48. The van der Waals surface area contributed by atoms with Crippen LogP contribution in [0.4, 0.5) is 0 Å². The Balaban J connectivity index is 0.000000262. The molecule has 0 spiro atoms. The SMILES string of the molecule is CC[c-]1cccc1-[c-]1[cH-][cH-][cH-][cH-]1.[Fe].[Fe].c1cc[cH-]c1.c1cc[cH-]c1.c1ccc(Pc2ccccc2)cc1. The van der Waals surface area contributed by atoms with E-state index in [1.165, 1.54) is 27.3 Å². The van der Waals surface area contributed by atoms with Gasteiger partial charge in [-0.2, -0.15) is 36.4 Å². The van der Waals surface area contributed by atoms with Gasteiger partial charge in [0.05, 0.1) is 0 Å². The molecule has 0 radical (unpaired) electrons. The van der Waals surface area contributed by atoms with E-state index in [0.717, 1.165) is 15.0 Å². The van der Waals surface area contributed by atoms with Crippen LogP contribution in [0.15, 0.2) is 164 Å². The maximum absolute atomic E-state index is 2.20. The Bertz CT molecular complexity index is 1120. The van der Waals surface area contributed by atoms with E-state index < -0.39 is 0 Å². The predicted molar refractivity (Wildman–Crippen MR) is 157 cm³/mol. The van der Waals surface area contributed by atoms with Crippen molar-refractivity contribution in [1.82, 2.24) is 0 Å². The molecule has 6 aromatic rings. The van der Waals surface area contributed by atoms with Crippen molar-refractivity contribution < 1.29 is 34.1 Å². The number of hydrogen-bond donors (Lipinski definition) is 0. The fourth-order valence-electron chi connectivity index (χ4n) is 3.45. The first-order valence-corrected chi connectivity index (χ1v) is 13.0. The zero-order valence-corrected chi connectivity index (χ0v) is 24.2. The van der Waals surface area contributed by atoms with Crippen molar-refractivity contribution in [3.63, 3.8) is 0 Å². The molecule has 0 aromatic heterocycles. The summed E-state index contributed by atoms with van der Waals surface area (Å²) in [5, 5.41) is 2.79. The molecule has 0 heterocycles. The zero-order chi connectivity index (χ0) is 24.4. The summed E-state index contributed by atoms with van der Waals surface area (Å²) in [7, 11) is 0.777. The summed E-state index contributed by atoms with van der Waals surface area (Å²) >= 11 is 0. The summed E-state index contributed by atoms with van der Waals surface area (Å²) in [5.74, 6) is 0. The van der Waals surface area contributed by atoms with Gasteiger partial charge in [0, 0.05) is 34.1 Å². The smallest absolute Gasteiger partial charge is 0 e. The van der Waals surface area contributed by atoms with E-state index in [2.05, 4.69) is 110 Å². The van der Waals surface area contributed by atoms with Crippen molar-refractivity contribution in [2.24, 2.45) is 0 Å². The number of benzene rings is 2. The molecule has 0 bridgehead atoms. The van der Waals surface area contributed by atoms with Crippen LogP contribution in [0.3, 0.4) is 0 Å². The van der Waals surface area contributed by atoms with Crippen LogP contribution in [0.25, 0.3) is 11.1 Å². The summed E-state index contributed by atoms with van der Waals surface area (Å²) in [6, 6.07) is 56.2. The maximum Gasteiger partial charge on any atom is 0 e. The molecule has 0 amide bonds. The molecule has 0 atom stereocenters. The van der Waals surface area contributed by atoms with Crippen LogP contribution in [-0.4, -0.2) is 0 Å². The van der Waals surface area contributed by atoms with Gasteiger partial charge in [-0.3, -0.25) is 6.07 Å². The van der Waals surface area contributed by atoms with Gasteiger partial charge in [-0.05, 0) is 10.6 Å². The molecule has 0 fully saturated rings. The fourth-order valence-corrected chi connectivity index (χ4v) is 4.50. The van der Waals surface area contributed by atoms with E-state index in [1.807, 2.05) is 60.7 Å². The molecule has 0 nitrogen and oxygen atoms in total. The number of hydrogen-bond acceptors (Lipinski definition) is 0. The molecule has 0 saturated carbocycles. The van der Waals surface area contributed by atoms with Gasteiger partial charge in [0.1, 0.15) is 0 Å². The van der Waals surface area contributed by atoms with E-state index in [9.17, 15) is 0 Å². The second-order valence-electron chi connectivity index (χ2n) is 7.77. The normalized spacial score (nSPS) is 9.00. The second-order valence-corrected chi connectivity index (χ2v) is 9.18. The Morgan fingerprint density at radius 2 is 1.05 bits per heavy atom. The quantitative estimate of drug-likeness (QED) is 0.111. The molecule has 3 heteroatoms. The Labute approximate surface area is 246 Å². The molecule has 0 saturated heterocycles. The number of aryl methyl sites for hydroxylation is 1.